The molecule has 3 rings (SSSR count). The Labute approximate surface area is 105 Å². The lowest BCUT2D eigenvalue weighted by Gasteiger charge is -2.09. The van der Waals surface area contributed by atoms with Crippen LogP contribution in [0.2, 0.25) is 0 Å². The minimum Gasteiger partial charge on any atom is -0.369 e. The molecule has 18 heavy (non-hydrogen) atoms. The summed E-state index contributed by atoms with van der Waals surface area (Å²) in [4.78, 5) is 8.39. The number of pyridine rings is 1. The second-order valence-electron chi connectivity index (χ2n) is 4.36. The van der Waals surface area contributed by atoms with Gasteiger partial charge in [-0.25, -0.2) is 4.98 Å². The van der Waals surface area contributed by atoms with E-state index in [1.54, 1.807) is 6.20 Å². The minimum absolute atomic E-state index is 0.542. The highest BCUT2D eigenvalue weighted by Crippen LogP contribution is 2.19. The van der Waals surface area contributed by atoms with Crippen LogP contribution in [-0.2, 0) is 6.54 Å². The van der Waals surface area contributed by atoms with E-state index in [0.717, 1.165) is 16.6 Å². The quantitative estimate of drug-likeness (QED) is 0.745. The van der Waals surface area contributed by atoms with Gasteiger partial charge in [0.2, 0.25) is 5.95 Å². The monoisotopic (exact) mass is 238 g/mol. The van der Waals surface area contributed by atoms with Crippen LogP contribution in [0.3, 0.4) is 0 Å². The van der Waals surface area contributed by atoms with Crippen molar-refractivity contribution in [2.24, 2.45) is 0 Å². The molecule has 0 unspecified atom stereocenters. The molecule has 4 heteroatoms. The maximum atomic E-state index is 5.86. The van der Waals surface area contributed by atoms with Crippen LogP contribution in [0.4, 0.5) is 5.95 Å². The first-order valence-electron chi connectivity index (χ1n) is 5.85. The first-order valence-corrected chi connectivity index (χ1v) is 5.85. The summed E-state index contributed by atoms with van der Waals surface area (Å²) >= 11 is 0. The van der Waals surface area contributed by atoms with Gasteiger partial charge in [-0.05, 0) is 17.9 Å². The summed E-state index contributed by atoms with van der Waals surface area (Å²) in [7, 11) is 0. The molecule has 3 aromatic rings. The van der Waals surface area contributed by atoms with Crippen LogP contribution in [0.15, 0.2) is 42.9 Å². The molecule has 0 saturated carbocycles. The molecule has 0 radical (unpaired) electrons. The number of anilines is 1. The number of nitrogen functional groups attached to an aromatic ring is 1. The van der Waals surface area contributed by atoms with Crippen molar-refractivity contribution in [3.63, 3.8) is 0 Å². The van der Waals surface area contributed by atoms with Crippen molar-refractivity contribution in [3.8, 4) is 0 Å². The predicted molar refractivity (Wildman–Crippen MR) is 72.2 cm³/mol. The van der Waals surface area contributed by atoms with Gasteiger partial charge in [0.1, 0.15) is 0 Å². The Balaban J connectivity index is 2.11. The van der Waals surface area contributed by atoms with Gasteiger partial charge < -0.3 is 10.3 Å². The molecule has 90 valence electrons. The van der Waals surface area contributed by atoms with E-state index < -0.39 is 0 Å². The molecule has 0 atom stereocenters. The Kier molecular flexibility index (Phi) is 2.48. The summed E-state index contributed by atoms with van der Waals surface area (Å²) < 4.78 is 1.99. The number of nitrogens with zero attached hydrogens (tertiary/aromatic N) is 3. The van der Waals surface area contributed by atoms with Crippen molar-refractivity contribution in [2.75, 3.05) is 5.73 Å². The Morgan fingerprint density at radius 2 is 2.00 bits per heavy atom. The third-order valence-electron chi connectivity index (χ3n) is 3.17. The van der Waals surface area contributed by atoms with E-state index in [1.807, 2.05) is 36.0 Å². The van der Waals surface area contributed by atoms with Gasteiger partial charge in [-0.15, -0.1) is 0 Å². The van der Waals surface area contributed by atoms with Crippen LogP contribution < -0.4 is 5.73 Å². The van der Waals surface area contributed by atoms with Crippen LogP contribution in [0.1, 0.15) is 11.3 Å². The van der Waals surface area contributed by atoms with E-state index in [2.05, 4.69) is 22.1 Å². The summed E-state index contributed by atoms with van der Waals surface area (Å²) in [5.41, 5.74) is 8.07. The largest absolute Gasteiger partial charge is 0.369 e. The van der Waals surface area contributed by atoms with Crippen molar-refractivity contribution in [3.05, 3.63) is 54.1 Å². The van der Waals surface area contributed by atoms with Gasteiger partial charge in [0.05, 0.1) is 12.7 Å². The molecule has 0 fully saturated rings. The number of hydrogen-bond donors (Lipinski definition) is 1. The highest BCUT2D eigenvalue weighted by atomic mass is 15.1. The minimum atomic E-state index is 0.542. The fourth-order valence-electron chi connectivity index (χ4n) is 2.16. The van der Waals surface area contributed by atoms with Crippen LogP contribution in [0.25, 0.3) is 10.8 Å². The van der Waals surface area contributed by atoms with Gasteiger partial charge >= 0.3 is 0 Å². The number of rotatable bonds is 2. The molecule has 0 amide bonds. The molecule has 0 bridgehead atoms. The van der Waals surface area contributed by atoms with Gasteiger partial charge in [0.25, 0.3) is 0 Å². The number of aryl methyl sites for hydroxylation is 1. The SMILES string of the molecule is Cc1cnc(N)n1Cc1cncc2ccccc12. The zero-order valence-electron chi connectivity index (χ0n) is 10.2. The van der Waals surface area contributed by atoms with Crippen LogP contribution >= 0.6 is 0 Å². The number of imidazole rings is 1. The van der Waals surface area contributed by atoms with E-state index in [-0.39, 0.29) is 0 Å². The van der Waals surface area contributed by atoms with Crippen molar-refractivity contribution < 1.29 is 0 Å². The summed E-state index contributed by atoms with van der Waals surface area (Å²) in [5.74, 6) is 0.542. The maximum Gasteiger partial charge on any atom is 0.200 e. The molecule has 2 N–H and O–H groups in total. The standard InChI is InChI=1S/C14H14N4/c1-10-6-17-14(15)18(10)9-12-8-16-7-11-4-2-3-5-13(11)12/h2-8H,9H2,1H3,(H2,15,17). The molecule has 0 spiro atoms. The number of hydrogen-bond acceptors (Lipinski definition) is 3. The summed E-state index contributed by atoms with van der Waals surface area (Å²) in [6, 6.07) is 8.23. The molecular weight excluding hydrogens is 224 g/mol. The van der Waals surface area contributed by atoms with Crippen LogP contribution in [0.5, 0.6) is 0 Å². The van der Waals surface area contributed by atoms with Gasteiger partial charge in [0, 0.05) is 23.5 Å². The Hall–Kier alpha value is -2.36. The number of fused-ring (bicyclic) bond motifs is 1. The molecule has 4 nitrogen and oxygen atoms in total. The third-order valence-corrected chi connectivity index (χ3v) is 3.17. The summed E-state index contributed by atoms with van der Waals surface area (Å²) in [5, 5.41) is 2.35. The highest BCUT2D eigenvalue weighted by Gasteiger charge is 2.07. The van der Waals surface area contributed by atoms with Gasteiger partial charge in [-0.2, -0.15) is 0 Å². The van der Waals surface area contributed by atoms with Gasteiger partial charge in [0.15, 0.2) is 0 Å². The molecule has 0 aliphatic heterocycles. The van der Waals surface area contributed by atoms with E-state index in [1.165, 1.54) is 5.39 Å². The van der Waals surface area contributed by atoms with E-state index >= 15 is 0 Å². The lowest BCUT2D eigenvalue weighted by Crippen LogP contribution is -2.06. The predicted octanol–water partition coefficient (Wildman–Crippen LogP) is 2.37. The average molecular weight is 238 g/mol. The Morgan fingerprint density at radius 1 is 1.17 bits per heavy atom. The molecule has 0 aliphatic carbocycles. The molecule has 2 heterocycles. The smallest absolute Gasteiger partial charge is 0.200 e. The van der Waals surface area contributed by atoms with Gasteiger partial charge in [-0.3, -0.25) is 4.98 Å². The van der Waals surface area contributed by atoms with Gasteiger partial charge in [-0.1, -0.05) is 24.3 Å². The molecule has 1 aromatic carbocycles. The Bertz CT molecular complexity index is 675. The lowest BCUT2D eigenvalue weighted by molar-refractivity contribution is 0.785. The fraction of sp³-hybridized carbons (Fsp3) is 0.143. The van der Waals surface area contributed by atoms with Crippen molar-refractivity contribution in [1.82, 2.24) is 14.5 Å². The normalized spacial score (nSPS) is 10.9. The number of nitrogens with two attached hydrogens (primary N) is 1. The first-order chi connectivity index (χ1) is 8.75. The Morgan fingerprint density at radius 3 is 2.78 bits per heavy atom. The highest BCUT2D eigenvalue weighted by molar-refractivity contribution is 5.84. The number of aromatic nitrogens is 3. The molecule has 2 aromatic heterocycles. The van der Waals surface area contributed by atoms with Crippen molar-refractivity contribution >= 4 is 16.7 Å². The van der Waals surface area contributed by atoms with Crippen molar-refractivity contribution in [2.45, 2.75) is 13.5 Å². The second-order valence-corrected chi connectivity index (χ2v) is 4.36. The first kappa shape index (κ1) is 10.8. The summed E-state index contributed by atoms with van der Waals surface area (Å²) in [6.07, 6.45) is 5.55. The molecule has 0 saturated heterocycles. The van der Waals surface area contributed by atoms with E-state index in [0.29, 0.717) is 12.5 Å². The molecular formula is C14H14N4. The zero-order chi connectivity index (χ0) is 12.5. The fourth-order valence-corrected chi connectivity index (χ4v) is 2.16. The third kappa shape index (κ3) is 1.72. The maximum absolute atomic E-state index is 5.86. The van der Waals surface area contributed by atoms with Crippen LogP contribution in [0, 0.1) is 6.92 Å². The molecule has 0 aliphatic rings. The topological polar surface area (TPSA) is 56.7 Å². The zero-order valence-corrected chi connectivity index (χ0v) is 10.2. The summed E-state index contributed by atoms with van der Waals surface area (Å²) in [6.45, 7) is 2.70. The second kappa shape index (κ2) is 4.14. The lowest BCUT2D eigenvalue weighted by atomic mass is 10.1. The number of benzene rings is 1. The van der Waals surface area contributed by atoms with Crippen molar-refractivity contribution in [1.29, 1.82) is 0 Å². The average Bonchev–Trinajstić information content (AvgIpc) is 2.71. The van der Waals surface area contributed by atoms with Crippen LogP contribution in [-0.4, -0.2) is 14.5 Å². The van der Waals surface area contributed by atoms with E-state index in [9.17, 15) is 0 Å². The van der Waals surface area contributed by atoms with E-state index in [4.69, 9.17) is 5.73 Å².